The molecule has 1 saturated heterocycles. The number of nitrogen functional groups attached to an aromatic ring is 1. The lowest BCUT2D eigenvalue weighted by atomic mass is 10.0. The third-order valence-corrected chi connectivity index (χ3v) is 6.19. The van der Waals surface area contributed by atoms with Crippen LogP contribution in [0.5, 0.6) is 11.5 Å². The highest BCUT2D eigenvalue weighted by atomic mass is 19.4. The number of hydrogen-bond donors (Lipinski definition) is 2. The van der Waals surface area contributed by atoms with E-state index in [0.717, 1.165) is 18.6 Å². The summed E-state index contributed by atoms with van der Waals surface area (Å²) in [6, 6.07) is 6.59. The van der Waals surface area contributed by atoms with Crippen molar-refractivity contribution in [2.24, 2.45) is 5.92 Å². The lowest BCUT2D eigenvalue weighted by Gasteiger charge is -2.22. The van der Waals surface area contributed by atoms with Crippen molar-refractivity contribution in [1.82, 2.24) is 9.97 Å². The fourth-order valence-corrected chi connectivity index (χ4v) is 4.21. The van der Waals surface area contributed by atoms with Gasteiger partial charge < -0.3 is 25.3 Å². The number of nitrogens with two attached hydrogens (primary N) is 1. The highest BCUT2D eigenvalue weighted by Crippen LogP contribution is 2.38. The van der Waals surface area contributed by atoms with Gasteiger partial charge >= 0.3 is 6.18 Å². The van der Waals surface area contributed by atoms with Gasteiger partial charge in [-0.1, -0.05) is 0 Å². The SMILES string of the molecule is COc1cc2nc(C)nc(N[C@H](C)c3cc(N)cc(C(F)(F)F)c3)c2cc1OC(C)[C@@H]1CCOC1. The van der Waals surface area contributed by atoms with Gasteiger partial charge in [-0.15, -0.1) is 0 Å². The van der Waals surface area contributed by atoms with Crippen molar-refractivity contribution in [2.45, 2.75) is 45.5 Å². The minimum Gasteiger partial charge on any atom is -0.493 e. The molecule has 1 aliphatic heterocycles. The maximum Gasteiger partial charge on any atom is 0.416 e. The Morgan fingerprint density at radius 3 is 2.54 bits per heavy atom. The van der Waals surface area contributed by atoms with Crippen molar-refractivity contribution in [1.29, 1.82) is 0 Å². The first-order valence-corrected chi connectivity index (χ1v) is 11.4. The second-order valence-electron chi connectivity index (χ2n) is 8.84. The summed E-state index contributed by atoms with van der Waals surface area (Å²) >= 11 is 0. The summed E-state index contributed by atoms with van der Waals surface area (Å²) in [6.07, 6.45) is -3.67. The molecule has 0 radical (unpaired) electrons. The molecule has 35 heavy (non-hydrogen) atoms. The molecule has 2 aromatic carbocycles. The molecule has 10 heteroatoms. The minimum absolute atomic E-state index is 0.0394. The van der Waals surface area contributed by atoms with E-state index in [1.165, 1.54) is 6.07 Å². The molecule has 2 heterocycles. The van der Waals surface area contributed by atoms with E-state index in [9.17, 15) is 13.2 Å². The summed E-state index contributed by atoms with van der Waals surface area (Å²) in [5, 5.41) is 3.89. The first-order chi connectivity index (χ1) is 16.5. The van der Waals surface area contributed by atoms with Crippen molar-refractivity contribution in [3.63, 3.8) is 0 Å². The van der Waals surface area contributed by atoms with Gasteiger partial charge in [-0.25, -0.2) is 9.97 Å². The Labute approximate surface area is 201 Å². The summed E-state index contributed by atoms with van der Waals surface area (Å²) in [5.74, 6) is 2.31. The van der Waals surface area contributed by atoms with Gasteiger partial charge in [0.1, 0.15) is 17.7 Å². The van der Waals surface area contributed by atoms with E-state index in [1.807, 2.05) is 6.92 Å². The van der Waals surface area contributed by atoms with Crippen LogP contribution in [0.1, 0.15) is 43.3 Å². The van der Waals surface area contributed by atoms with E-state index in [4.69, 9.17) is 19.9 Å². The van der Waals surface area contributed by atoms with Gasteiger partial charge in [0.05, 0.1) is 30.8 Å². The van der Waals surface area contributed by atoms with Crippen molar-refractivity contribution < 1.29 is 27.4 Å². The number of benzene rings is 2. The number of nitrogens with zero attached hydrogens (tertiary/aromatic N) is 2. The fraction of sp³-hybridized carbons (Fsp3) is 0.440. The maximum atomic E-state index is 13.3. The van der Waals surface area contributed by atoms with E-state index >= 15 is 0 Å². The molecule has 7 nitrogen and oxygen atoms in total. The normalized spacial score (nSPS) is 17.9. The molecule has 1 aromatic heterocycles. The second kappa shape index (κ2) is 9.77. The summed E-state index contributed by atoms with van der Waals surface area (Å²) < 4.78 is 57.2. The van der Waals surface area contributed by atoms with Gasteiger partial charge in [0.25, 0.3) is 0 Å². The molecule has 1 fully saturated rings. The molecule has 0 aliphatic carbocycles. The van der Waals surface area contributed by atoms with Crippen LogP contribution >= 0.6 is 0 Å². The van der Waals surface area contributed by atoms with Crippen LogP contribution < -0.4 is 20.5 Å². The van der Waals surface area contributed by atoms with Gasteiger partial charge in [-0.3, -0.25) is 0 Å². The maximum absolute atomic E-state index is 13.3. The first-order valence-electron chi connectivity index (χ1n) is 11.4. The Kier molecular flexibility index (Phi) is 6.93. The summed E-state index contributed by atoms with van der Waals surface area (Å²) in [7, 11) is 1.56. The zero-order valence-electron chi connectivity index (χ0n) is 20.1. The topological polar surface area (TPSA) is 91.5 Å². The molecule has 3 aromatic rings. The van der Waals surface area contributed by atoms with Crippen LogP contribution in [-0.4, -0.2) is 36.4 Å². The van der Waals surface area contributed by atoms with E-state index < -0.39 is 17.8 Å². The number of anilines is 2. The zero-order chi connectivity index (χ0) is 25.3. The number of fused-ring (bicyclic) bond motifs is 1. The van der Waals surface area contributed by atoms with E-state index in [2.05, 4.69) is 15.3 Å². The highest BCUT2D eigenvalue weighted by Gasteiger charge is 2.31. The number of rotatable bonds is 7. The number of aromatic nitrogens is 2. The lowest BCUT2D eigenvalue weighted by molar-refractivity contribution is -0.137. The van der Waals surface area contributed by atoms with Crippen molar-refractivity contribution in [3.05, 3.63) is 47.3 Å². The van der Waals surface area contributed by atoms with Crippen LogP contribution in [0.3, 0.4) is 0 Å². The van der Waals surface area contributed by atoms with Crippen molar-refractivity contribution in [3.8, 4) is 11.5 Å². The number of halogens is 3. The van der Waals surface area contributed by atoms with Crippen molar-refractivity contribution >= 4 is 22.4 Å². The van der Waals surface area contributed by atoms with Gasteiger partial charge in [-0.05, 0) is 57.0 Å². The molecular weight excluding hydrogens is 461 g/mol. The predicted octanol–water partition coefficient (Wildman–Crippen LogP) is 5.52. The average molecular weight is 491 g/mol. The van der Waals surface area contributed by atoms with E-state index in [-0.39, 0.29) is 17.7 Å². The Morgan fingerprint density at radius 1 is 1.11 bits per heavy atom. The molecule has 0 spiro atoms. The zero-order valence-corrected chi connectivity index (χ0v) is 20.1. The quantitative estimate of drug-likeness (QED) is 0.421. The van der Waals surface area contributed by atoms with Crippen LogP contribution in [0.15, 0.2) is 30.3 Å². The molecule has 0 bridgehead atoms. The highest BCUT2D eigenvalue weighted by molar-refractivity contribution is 5.92. The lowest BCUT2D eigenvalue weighted by Crippen LogP contribution is -2.24. The third-order valence-electron chi connectivity index (χ3n) is 6.19. The largest absolute Gasteiger partial charge is 0.493 e. The van der Waals surface area contributed by atoms with Gasteiger partial charge in [-0.2, -0.15) is 13.2 Å². The van der Waals surface area contributed by atoms with Crippen LogP contribution in [-0.2, 0) is 10.9 Å². The number of ether oxygens (including phenoxy) is 3. The molecule has 0 saturated carbocycles. The van der Waals surface area contributed by atoms with Crippen LogP contribution in [0.4, 0.5) is 24.7 Å². The Balaban J connectivity index is 1.70. The van der Waals surface area contributed by atoms with Crippen LogP contribution in [0.25, 0.3) is 10.9 Å². The number of methoxy groups -OCH3 is 1. The Hall–Kier alpha value is -3.27. The number of nitrogens with one attached hydrogen (secondary N) is 1. The predicted molar refractivity (Wildman–Crippen MR) is 128 cm³/mol. The average Bonchev–Trinajstić information content (AvgIpc) is 3.33. The molecule has 3 N–H and O–H groups in total. The first kappa shape index (κ1) is 24.8. The smallest absolute Gasteiger partial charge is 0.416 e. The van der Waals surface area contributed by atoms with Crippen LogP contribution in [0, 0.1) is 12.8 Å². The van der Waals surface area contributed by atoms with E-state index in [1.54, 1.807) is 33.1 Å². The standard InChI is InChI=1S/C25H29F3N4O3/c1-13(17-7-18(25(26,27)28)9-19(29)8-17)30-24-20-10-23(35-14(2)16-5-6-34-12-16)22(33-4)11-21(20)31-15(3)32-24/h7-11,13-14,16H,5-6,12,29H2,1-4H3,(H,30,31,32)/t13-,14?,16-/m1/s1. The number of hydrogen-bond acceptors (Lipinski definition) is 7. The van der Waals surface area contributed by atoms with Crippen LogP contribution in [0.2, 0.25) is 0 Å². The summed E-state index contributed by atoms with van der Waals surface area (Å²) in [5.41, 5.74) is 6.01. The third kappa shape index (κ3) is 5.53. The Bertz CT molecular complexity index is 1210. The summed E-state index contributed by atoms with van der Waals surface area (Å²) in [6.45, 7) is 6.85. The molecule has 1 unspecified atom stereocenters. The molecule has 0 amide bonds. The second-order valence-corrected chi connectivity index (χ2v) is 8.84. The minimum atomic E-state index is -4.49. The molecular formula is C25H29F3N4O3. The molecule has 1 aliphatic rings. The Morgan fingerprint density at radius 2 is 1.89 bits per heavy atom. The van der Waals surface area contributed by atoms with Gasteiger partial charge in [0, 0.05) is 29.7 Å². The number of aryl methyl sites for hydroxylation is 1. The van der Waals surface area contributed by atoms with Gasteiger partial charge in [0.15, 0.2) is 11.5 Å². The monoisotopic (exact) mass is 490 g/mol. The fourth-order valence-electron chi connectivity index (χ4n) is 4.21. The van der Waals surface area contributed by atoms with Crippen molar-refractivity contribution in [2.75, 3.05) is 31.4 Å². The van der Waals surface area contributed by atoms with E-state index in [0.29, 0.717) is 52.8 Å². The summed E-state index contributed by atoms with van der Waals surface area (Å²) in [4.78, 5) is 9.03. The molecule has 3 atom stereocenters. The molecule has 4 rings (SSSR count). The van der Waals surface area contributed by atoms with Gasteiger partial charge in [0.2, 0.25) is 0 Å². The number of alkyl halides is 3. The molecule has 188 valence electrons.